The Bertz CT molecular complexity index is 803. The van der Waals surface area contributed by atoms with Crippen LogP contribution in [0.2, 0.25) is 0 Å². The molecule has 2 aromatic rings. The smallest absolute Gasteiger partial charge is 0.299 e. The predicted molar refractivity (Wildman–Crippen MR) is 99.8 cm³/mol. The molecule has 0 bridgehead atoms. The second-order valence-corrected chi connectivity index (χ2v) is 7.35. The number of benzene rings is 2. The fraction of sp³-hybridized carbons (Fsp3) is 0.222. The molecule has 0 unspecified atom stereocenters. The zero-order valence-corrected chi connectivity index (χ0v) is 16.2. The highest BCUT2D eigenvalue weighted by Crippen LogP contribution is 2.38. The van der Waals surface area contributed by atoms with Gasteiger partial charge in [0.2, 0.25) is 0 Å². The minimum atomic E-state index is -0.487. The summed E-state index contributed by atoms with van der Waals surface area (Å²) in [6.07, 6.45) is 0.634. The van der Waals surface area contributed by atoms with E-state index in [-0.39, 0.29) is 0 Å². The van der Waals surface area contributed by atoms with Crippen molar-refractivity contribution in [3.63, 3.8) is 0 Å². The summed E-state index contributed by atoms with van der Waals surface area (Å²) in [6.45, 7) is 2.93. The number of amides is 1. The van der Waals surface area contributed by atoms with Crippen LogP contribution in [0, 0.1) is 6.92 Å². The molecular weight excluding hydrogens is 438 g/mol. The minimum absolute atomic E-state index is 0.431. The first-order valence-corrected chi connectivity index (χ1v) is 9.10. The Morgan fingerprint density at radius 2 is 1.79 bits per heavy atom. The number of hydrogen-bond acceptors (Lipinski definition) is 3. The van der Waals surface area contributed by atoms with E-state index in [0.29, 0.717) is 30.8 Å². The van der Waals surface area contributed by atoms with E-state index in [4.69, 9.17) is 4.74 Å². The van der Waals surface area contributed by atoms with Gasteiger partial charge in [-0.1, -0.05) is 33.6 Å². The molecule has 2 aromatic carbocycles. The third-order valence-electron chi connectivity index (χ3n) is 3.80. The van der Waals surface area contributed by atoms with E-state index < -0.39 is 11.7 Å². The van der Waals surface area contributed by atoms with Crippen molar-refractivity contribution < 1.29 is 14.3 Å². The number of halogens is 2. The van der Waals surface area contributed by atoms with Crippen molar-refractivity contribution in [2.45, 2.75) is 13.3 Å². The van der Waals surface area contributed by atoms with Gasteiger partial charge in [-0.15, -0.1) is 0 Å². The van der Waals surface area contributed by atoms with Crippen LogP contribution in [0.4, 0.5) is 5.69 Å². The summed E-state index contributed by atoms with van der Waals surface area (Å²) in [5.74, 6) is -0.152. The highest BCUT2D eigenvalue weighted by Gasteiger charge is 2.37. The average molecular weight is 453 g/mol. The molecule has 0 saturated carbocycles. The Labute approximate surface area is 157 Å². The average Bonchev–Trinajstić information content (AvgIpc) is 2.78. The molecule has 4 nitrogen and oxygen atoms in total. The van der Waals surface area contributed by atoms with Crippen molar-refractivity contribution in [1.82, 2.24) is 0 Å². The monoisotopic (exact) mass is 451 g/mol. The SMILES string of the molecule is Cc1ccc(OCCCN2C(=O)C(=O)c3cc(Br)cc(Br)c32)cc1. The number of anilines is 1. The van der Waals surface area contributed by atoms with Crippen LogP contribution in [0.5, 0.6) is 5.75 Å². The molecular formula is C18H15Br2NO3. The summed E-state index contributed by atoms with van der Waals surface area (Å²) in [6, 6.07) is 11.3. The molecule has 3 rings (SSSR count). The molecule has 0 spiro atoms. The van der Waals surface area contributed by atoms with Crippen LogP contribution in [-0.4, -0.2) is 24.8 Å². The van der Waals surface area contributed by atoms with Crippen molar-refractivity contribution in [1.29, 1.82) is 0 Å². The fourth-order valence-electron chi connectivity index (χ4n) is 2.61. The van der Waals surface area contributed by atoms with Gasteiger partial charge in [0.25, 0.3) is 11.7 Å². The Hall–Kier alpha value is -1.66. The van der Waals surface area contributed by atoms with Gasteiger partial charge in [0, 0.05) is 15.5 Å². The van der Waals surface area contributed by atoms with Crippen molar-refractivity contribution in [2.75, 3.05) is 18.1 Å². The van der Waals surface area contributed by atoms with Crippen LogP contribution in [0.15, 0.2) is 45.3 Å². The number of hydrogen-bond donors (Lipinski definition) is 0. The number of ether oxygens (including phenoxy) is 1. The van der Waals surface area contributed by atoms with Gasteiger partial charge in [0.05, 0.1) is 17.9 Å². The summed E-state index contributed by atoms with van der Waals surface area (Å²) in [5, 5.41) is 0. The van der Waals surface area contributed by atoms with E-state index in [9.17, 15) is 9.59 Å². The Balaban J connectivity index is 1.65. The standard InChI is InChI=1S/C18H15Br2NO3/c1-11-3-5-13(6-4-11)24-8-2-7-21-16-14(17(22)18(21)23)9-12(19)10-15(16)20/h3-6,9-10H,2,7-8H2,1H3. The number of carbonyl (C=O) groups is 2. The quantitative estimate of drug-likeness (QED) is 0.495. The van der Waals surface area contributed by atoms with Gasteiger partial charge in [-0.25, -0.2) is 0 Å². The number of rotatable bonds is 5. The molecule has 1 amide bonds. The van der Waals surface area contributed by atoms with Gasteiger partial charge < -0.3 is 9.64 Å². The summed E-state index contributed by atoms with van der Waals surface area (Å²) in [4.78, 5) is 25.9. The molecule has 0 radical (unpaired) electrons. The van der Waals surface area contributed by atoms with Crippen molar-refractivity contribution in [2.24, 2.45) is 0 Å². The lowest BCUT2D eigenvalue weighted by atomic mass is 10.1. The summed E-state index contributed by atoms with van der Waals surface area (Å²) in [5.41, 5.74) is 2.25. The molecule has 0 saturated heterocycles. The number of nitrogens with zero attached hydrogens (tertiary/aromatic N) is 1. The Kier molecular flexibility index (Phi) is 5.06. The normalized spacial score (nSPS) is 13.4. The van der Waals surface area contributed by atoms with E-state index in [1.807, 2.05) is 37.3 Å². The second-order valence-electron chi connectivity index (χ2n) is 5.58. The maximum Gasteiger partial charge on any atom is 0.299 e. The molecule has 6 heteroatoms. The van der Waals surface area contributed by atoms with Gasteiger partial charge in [-0.2, -0.15) is 0 Å². The van der Waals surface area contributed by atoms with E-state index in [1.165, 1.54) is 10.5 Å². The molecule has 0 N–H and O–H groups in total. The van der Waals surface area contributed by atoms with Crippen LogP contribution in [-0.2, 0) is 4.79 Å². The van der Waals surface area contributed by atoms with Crippen LogP contribution in [0.3, 0.4) is 0 Å². The van der Waals surface area contributed by atoms with Crippen molar-refractivity contribution >= 4 is 49.2 Å². The molecule has 124 valence electrons. The topological polar surface area (TPSA) is 46.6 Å². The lowest BCUT2D eigenvalue weighted by Crippen LogP contribution is -2.31. The first-order valence-electron chi connectivity index (χ1n) is 7.52. The molecule has 1 aliphatic heterocycles. The van der Waals surface area contributed by atoms with E-state index in [0.717, 1.165) is 14.7 Å². The summed E-state index contributed by atoms with van der Waals surface area (Å²) in [7, 11) is 0. The first-order chi connectivity index (χ1) is 11.5. The molecule has 0 fully saturated rings. The summed E-state index contributed by atoms with van der Waals surface area (Å²) < 4.78 is 7.17. The number of fused-ring (bicyclic) bond motifs is 1. The number of Topliss-reactive ketones (excluding diaryl/α,β-unsaturated/α-hetero) is 1. The number of carbonyl (C=O) groups excluding carboxylic acids is 2. The minimum Gasteiger partial charge on any atom is -0.494 e. The number of aryl methyl sites for hydroxylation is 1. The molecule has 0 aromatic heterocycles. The van der Waals surface area contributed by atoms with Gasteiger partial charge in [0.1, 0.15) is 5.75 Å². The Morgan fingerprint density at radius 3 is 2.50 bits per heavy atom. The third-order valence-corrected chi connectivity index (χ3v) is 4.86. The van der Waals surface area contributed by atoms with Crippen molar-refractivity contribution in [3.8, 4) is 5.75 Å². The van der Waals surface area contributed by atoms with E-state index >= 15 is 0 Å². The highest BCUT2D eigenvalue weighted by atomic mass is 79.9. The largest absolute Gasteiger partial charge is 0.494 e. The molecule has 0 atom stereocenters. The zero-order chi connectivity index (χ0) is 17.3. The van der Waals surface area contributed by atoms with Crippen LogP contribution >= 0.6 is 31.9 Å². The van der Waals surface area contributed by atoms with Crippen LogP contribution in [0.1, 0.15) is 22.3 Å². The highest BCUT2D eigenvalue weighted by molar-refractivity contribution is 9.11. The Morgan fingerprint density at radius 1 is 1.08 bits per heavy atom. The van der Waals surface area contributed by atoms with Gasteiger partial charge in [-0.3, -0.25) is 9.59 Å². The molecule has 1 aliphatic rings. The van der Waals surface area contributed by atoms with Gasteiger partial charge in [-0.05, 0) is 53.5 Å². The van der Waals surface area contributed by atoms with Gasteiger partial charge in [0.15, 0.2) is 0 Å². The summed E-state index contributed by atoms with van der Waals surface area (Å²) >= 11 is 6.78. The third kappa shape index (κ3) is 3.39. The van der Waals surface area contributed by atoms with Gasteiger partial charge >= 0.3 is 0 Å². The van der Waals surface area contributed by atoms with Crippen LogP contribution < -0.4 is 9.64 Å². The maximum absolute atomic E-state index is 12.2. The van der Waals surface area contributed by atoms with Crippen LogP contribution in [0.25, 0.3) is 0 Å². The fourth-order valence-corrected chi connectivity index (χ4v) is 4.05. The van der Waals surface area contributed by atoms with E-state index in [2.05, 4.69) is 31.9 Å². The van der Waals surface area contributed by atoms with E-state index in [1.54, 1.807) is 6.07 Å². The van der Waals surface area contributed by atoms with Crippen molar-refractivity contribution in [3.05, 3.63) is 56.5 Å². The molecule has 0 aliphatic carbocycles. The second kappa shape index (κ2) is 7.07. The number of ketones is 1. The predicted octanol–water partition coefficient (Wildman–Crippen LogP) is 4.52. The lowest BCUT2D eigenvalue weighted by molar-refractivity contribution is -0.114. The zero-order valence-electron chi connectivity index (χ0n) is 13.0. The molecule has 24 heavy (non-hydrogen) atoms. The first kappa shape index (κ1) is 17.2. The maximum atomic E-state index is 12.2. The molecule has 1 heterocycles. The lowest BCUT2D eigenvalue weighted by Gasteiger charge is -2.18.